The number of nitrogens with two attached hydrogens (primary N) is 1. The maximum atomic E-state index is 12.8. The van der Waals surface area contributed by atoms with E-state index in [1.807, 2.05) is 0 Å². The van der Waals surface area contributed by atoms with Crippen molar-refractivity contribution in [2.24, 2.45) is 5.84 Å². The van der Waals surface area contributed by atoms with Crippen LogP contribution < -0.4 is 16.0 Å². The van der Waals surface area contributed by atoms with Gasteiger partial charge < -0.3 is 4.74 Å². The average Bonchev–Trinajstić information content (AvgIpc) is 2.48. The number of hydrogen-bond donors (Lipinski definition) is 2. The molecule has 112 valence electrons. The van der Waals surface area contributed by atoms with Crippen LogP contribution in [0.4, 0.5) is 13.2 Å². The molecule has 0 fully saturated rings. The van der Waals surface area contributed by atoms with Crippen molar-refractivity contribution in [3.05, 3.63) is 65.2 Å². The standard InChI is InChI=1S/C15H15F3N2O/c1-21-13-8-3-2-7-12(13)14(20-19)10-5-4-6-11(9-10)15(16,17)18/h2-9,14,20H,19H2,1H3. The second kappa shape index (κ2) is 6.15. The van der Waals surface area contributed by atoms with Gasteiger partial charge in [0, 0.05) is 5.56 Å². The Labute approximate surface area is 120 Å². The summed E-state index contributed by atoms with van der Waals surface area (Å²) < 4.78 is 43.6. The number of halogens is 3. The Hall–Kier alpha value is -2.05. The fourth-order valence-electron chi connectivity index (χ4n) is 2.17. The fraction of sp³-hybridized carbons (Fsp3) is 0.200. The first kappa shape index (κ1) is 15.3. The SMILES string of the molecule is COc1ccccc1C(NN)c1cccc(C(F)(F)F)c1. The molecule has 0 radical (unpaired) electrons. The highest BCUT2D eigenvalue weighted by Gasteiger charge is 2.31. The summed E-state index contributed by atoms with van der Waals surface area (Å²) in [7, 11) is 1.50. The summed E-state index contributed by atoms with van der Waals surface area (Å²) >= 11 is 0. The van der Waals surface area contributed by atoms with Crippen molar-refractivity contribution in [3.63, 3.8) is 0 Å². The third-order valence-corrected chi connectivity index (χ3v) is 3.16. The van der Waals surface area contributed by atoms with Gasteiger partial charge in [0.05, 0.1) is 18.7 Å². The molecule has 0 aromatic heterocycles. The first-order chi connectivity index (χ1) is 9.97. The molecular formula is C15H15F3N2O. The lowest BCUT2D eigenvalue weighted by atomic mass is 9.97. The maximum absolute atomic E-state index is 12.8. The molecule has 0 saturated heterocycles. The molecule has 2 rings (SSSR count). The number of para-hydroxylation sites is 1. The van der Waals surface area contributed by atoms with E-state index in [1.54, 1.807) is 30.3 Å². The summed E-state index contributed by atoms with van der Waals surface area (Å²) in [5.41, 5.74) is 2.91. The predicted molar refractivity (Wildman–Crippen MR) is 73.6 cm³/mol. The van der Waals surface area contributed by atoms with Crippen molar-refractivity contribution in [2.45, 2.75) is 12.2 Å². The summed E-state index contributed by atoms with van der Waals surface area (Å²) in [5.74, 6) is 6.09. The van der Waals surface area contributed by atoms with E-state index >= 15 is 0 Å². The molecule has 0 bridgehead atoms. The number of alkyl halides is 3. The van der Waals surface area contributed by atoms with Gasteiger partial charge in [-0.1, -0.05) is 30.3 Å². The summed E-state index contributed by atoms with van der Waals surface area (Å²) in [6.07, 6.45) is -4.39. The second-order valence-corrected chi connectivity index (χ2v) is 4.46. The molecule has 0 aliphatic heterocycles. The number of benzene rings is 2. The Morgan fingerprint density at radius 3 is 2.43 bits per heavy atom. The largest absolute Gasteiger partial charge is 0.496 e. The van der Waals surface area contributed by atoms with Crippen LogP contribution in [-0.4, -0.2) is 7.11 Å². The highest BCUT2D eigenvalue weighted by atomic mass is 19.4. The molecule has 0 saturated carbocycles. The van der Waals surface area contributed by atoms with Gasteiger partial charge in [0.1, 0.15) is 5.75 Å². The van der Waals surface area contributed by atoms with Gasteiger partial charge in [-0.25, -0.2) is 5.43 Å². The molecule has 1 atom stereocenters. The molecule has 0 aliphatic carbocycles. The molecule has 1 unspecified atom stereocenters. The lowest BCUT2D eigenvalue weighted by Crippen LogP contribution is -2.29. The zero-order chi connectivity index (χ0) is 15.5. The molecule has 2 aromatic carbocycles. The van der Waals surface area contributed by atoms with Gasteiger partial charge in [-0.3, -0.25) is 5.84 Å². The normalized spacial score (nSPS) is 13.0. The number of hydrogen-bond acceptors (Lipinski definition) is 3. The van der Waals surface area contributed by atoms with Crippen LogP contribution in [0.1, 0.15) is 22.7 Å². The molecule has 3 N–H and O–H groups in total. The molecule has 0 aliphatic rings. The van der Waals surface area contributed by atoms with E-state index in [4.69, 9.17) is 10.6 Å². The van der Waals surface area contributed by atoms with E-state index in [2.05, 4.69) is 5.43 Å². The predicted octanol–water partition coefficient (Wildman–Crippen LogP) is 3.27. The van der Waals surface area contributed by atoms with Crippen LogP contribution in [0, 0.1) is 0 Å². The van der Waals surface area contributed by atoms with Crippen LogP contribution in [0.2, 0.25) is 0 Å². The third kappa shape index (κ3) is 3.34. The molecule has 0 heterocycles. The summed E-state index contributed by atoms with van der Waals surface area (Å²) in [5, 5.41) is 0. The van der Waals surface area contributed by atoms with Crippen molar-refractivity contribution in [1.82, 2.24) is 5.43 Å². The van der Waals surface area contributed by atoms with Crippen molar-refractivity contribution in [1.29, 1.82) is 0 Å². The zero-order valence-corrected chi connectivity index (χ0v) is 11.3. The quantitative estimate of drug-likeness (QED) is 0.672. The highest BCUT2D eigenvalue weighted by Crippen LogP contribution is 2.34. The first-order valence-corrected chi connectivity index (χ1v) is 6.23. The zero-order valence-electron chi connectivity index (χ0n) is 11.3. The summed E-state index contributed by atoms with van der Waals surface area (Å²) in [6, 6.07) is 11.5. The Kier molecular flexibility index (Phi) is 4.50. The lowest BCUT2D eigenvalue weighted by Gasteiger charge is -2.20. The molecule has 6 heteroatoms. The van der Waals surface area contributed by atoms with E-state index in [1.165, 1.54) is 13.2 Å². The molecule has 0 amide bonds. The van der Waals surface area contributed by atoms with Crippen LogP contribution in [-0.2, 0) is 6.18 Å². The van der Waals surface area contributed by atoms with Crippen LogP contribution >= 0.6 is 0 Å². The van der Waals surface area contributed by atoms with Crippen molar-refractivity contribution >= 4 is 0 Å². The van der Waals surface area contributed by atoms with E-state index in [0.29, 0.717) is 16.9 Å². The average molecular weight is 296 g/mol. The van der Waals surface area contributed by atoms with E-state index in [9.17, 15) is 13.2 Å². The van der Waals surface area contributed by atoms with Crippen molar-refractivity contribution in [2.75, 3.05) is 7.11 Å². The van der Waals surface area contributed by atoms with Gasteiger partial charge in [-0.2, -0.15) is 13.2 Å². The topological polar surface area (TPSA) is 47.3 Å². The second-order valence-electron chi connectivity index (χ2n) is 4.46. The molecular weight excluding hydrogens is 281 g/mol. The van der Waals surface area contributed by atoms with Gasteiger partial charge in [0.25, 0.3) is 0 Å². The van der Waals surface area contributed by atoms with Crippen LogP contribution in [0.3, 0.4) is 0 Å². The minimum atomic E-state index is -4.39. The number of nitrogens with one attached hydrogen (secondary N) is 1. The Balaban J connectivity index is 2.47. The molecule has 2 aromatic rings. The Morgan fingerprint density at radius 1 is 1.10 bits per heavy atom. The van der Waals surface area contributed by atoms with E-state index < -0.39 is 17.8 Å². The summed E-state index contributed by atoms with van der Waals surface area (Å²) in [4.78, 5) is 0. The van der Waals surface area contributed by atoms with Crippen molar-refractivity contribution < 1.29 is 17.9 Å². The maximum Gasteiger partial charge on any atom is 0.416 e. The first-order valence-electron chi connectivity index (χ1n) is 6.23. The fourth-order valence-corrected chi connectivity index (χ4v) is 2.17. The molecule has 3 nitrogen and oxygen atoms in total. The third-order valence-electron chi connectivity index (χ3n) is 3.16. The summed E-state index contributed by atoms with van der Waals surface area (Å²) in [6.45, 7) is 0. The van der Waals surface area contributed by atoms with Crippen LogP contribution in [0.15, 0.2) is 48.5 Å². The Morgan fingerprint density at radius 2 is 1.81 bits per heavy atom. The minimum absolute atomic E-state index is 0.414. The number of rotatable bonds is 4. The molecule has 0 spiro atoms. The lowest BCUT2D eigenvalue weighted by molar-refractivity contribution is -0.137. The van der Waals surface area contributed by atoms with Gasteiger partial charge in [0.2, 0.25) is 0 Å². The number of ether oxygens (including phenoxy) is 1. The molecule has 21 heavy (non-hydrogen) atoms. The monoisotopic (exact) mass is 296 g/mol. The minimum Gasteiger partial charge on any atom is -0.496 e. The van der Waals surface area contributed by atoms with Gasteiger partial charge in [0.15, 0.2) is 0 Å². The van der Waals surface area contributed by atoms with Crippen LogP contribution in [0.5, 0.6) is 5.75 Å². The van der Waals surface area contributed by atoms with E-state index in [0.717, 1.165) is 12.1 Å². The van der Waals surface area contributed by atoms with Crippen LogP contribution in [0.25, 0.3) is 0 Å². The smallest absolute Gasteiger partial charge is 0.416 e. The number of hydrazine groups is 1. The highest BCUT2D eigenvalue weighted by molar-refractivity contribution is 5.42. The van der Waals surface area contributed by atoms with Gasteiger partial charge in [-0.05, 0) is 23.8 Å². The Bertz CT molecular complexity index is 614. The van der Waals surface area contributed by atoms with Crippen molar-refractivity contribution in [3.8, 4) is 5.75 Å². The van der Waals surface area contributed by atoms with E-state index in [-0.39, 0.29) is 0 Å². The van der Waals surface area contributed by atoms with Gasteiger partial charge in [-0.15, -0.1) is 0 Å². The number of methoxy groups -OCH3 is 1. The van der Waals surface area contributed by atoms with Gasteiger partial charge >= 0.3 is 6.18 Å².